The number of ether oxygens (including phenoxy) is 1. The highest BCUT2D eigenvalue weighted by atomic mass is 16.5. The lowest BCUT2D eigenvalue weighted by Crippen LogP contribution is -2.28. The summed E-state index contributed by atoms with van der Waals surface area (Å²) in [5, 5.41) is 11.0. The third-order valence-corrected chi connectivity index (χ3v) is 7.28. The molecule has 0 rings (SSSR count). The molecule has 0 fully saturated rings. The lowest BCUT2D eigenvalue weighted by atomic mass is 10.0. The van der Waals surface area contributed by atoms with Gasteiger partial charge in [-0.25, -0.2) is 0 Å². The Morgan fingerprint density at radius 3 is 1.42 bits per heavy atom. The van der Waals surface area contributed by atoms with Crippen molar-refractivity contribution >= 4 is 17.8 Å². The SMILES string of the molecule is CCCCCCCCCCCC(=O)OC(CCCCCCCCC)CCCCCCCC(=O)NCC(=O)O. The Morgan fingerprint density at radius 1 is 0.579 bits per heavy atom. The van der Waals surface area contributed by atoms with Crippen LogP contribution in [-0.2, 0) is 19.1 Å². The minimum Gasteiger partial charge on any atom is -0.480 e. The van der Waals surface area contributed by atoms with Gasteiger partial charge >= 0.3 is 11.9 Å². The molecule has 0 spiro atoms. The van der Waals surface area contributed by atoms with Crippen LogP contribution in [0.1, 0.15) is 174 Å². The standard InChI is InChI=1S/C32H61NO5/c1-3-5-7-9-11-12-14-19-23-27-32(37)38-29(24-20-16-13-10-8-6-4-2)25-21-17-15-18-22-26-30(34)33-28-31(35)36/h29H,3-28H2,1-2H3,(H,33,34)(H,35,36). The van der Waals surface area contributed by atoms with Crippen LogP contribution in [0.5, 0.6) is 0 Å². The van der Waals surface area contributed by atoms with E-state index in [0.717, 1.165) is 64.2 Å². The summed E-state index contributed by atoms with van der Waals surface area (Å²) in [5.41, 5.74) is 0. The maximum Gasteiger partial charge on any atom is 0.322 e. The van der Waals surface area contributed by atoms with Crippen molar-refractivity contribution in [2.45, 2.75) is 180 Å². The first kappa shape index (κ1) is 36.4. The number of hydrogen-bond donors (Lipinski definition) is 2. The molecule has 0 aliphatic rings. The van der Waals surface area contributed by atoms with E-state index >= 15 is 0 Å². The molecule has 224 valence electrons. The zero-order valence-corrected chi connectivity index (χ0v) is 25.0. The Morgan fingerprint density at radius 2 is 0.974 bits per heavy atom. The molecule has 0 heterocycles. The second kappa shape index (κ2) is 28.4. The topological polar surface area (TPSA) is 92.7 Å². The monoisotopic (exact) mass is 539 g/mol. The summed E-state index contributed by atoms with van der Waals surface area (Å²) >= 11 is 0. The molecule has 0 aromatic rings. The van der Waals surface area contributed by atoms with Crippen LogP contribution in [0, 0.1) is 0 Å². The van der Waals surface area contributed by atoms with Crippen molar-refractivity contribution < 1.29 is 24.2 Å². The molecule has 0 saturated heterocycles. The number of nitrogens with one attached hydrogen (secondary N) is 1. The zero-order chi connectivity index (χ0) is 28.1. The van der Waals surface area contributed by atoms with E-state index in [-0.39, 0.29) is 24.5 Å². The molecule has 1 amide bonds. The highest BCUT2D eigenvalue weighted by Gasteiger charge is 2.14. The number of rotatable bonds is 29. The lowest BCUT2D eigenvalue weighted by molar-refractivity contribution is -0.150. The number of carbonyl (C=O) groups excluding carboxylic acids is 2. The predicted octanol–water partition coefficient (Wildman–Crippen LogP) is 8.89. The van der Waals surface area contributed by atoms with Gasteiger partial charge in [-0.05, 0) is 38.5 Å². The van der Waals surface area contributed by atoms with Crippen LogP contribution in [0.25, 0.3) is 0 Å². The molecule has 0 aromatic heterocycles. The normalized spacial score (nSPS) is 11.8. The second-order valence-corrected chi connectivity index (χ2v) is 11.1. The summed E-state index contributed by atoms with van der Waals surface area (Å²) in [6, 6.07) is 0. The van der Waals surface area contributed by atoms with Gasteiger partial charge < -0.3 is 15.2 Å². The molecule has 1 atom stereocenters. The Kier molecular flexibility index (Phi) is 27.2. The van der Waals surface area contributed by atoms with Gasteiger partial charge in [-0.3, -0.25) is 14.4 Å². The Balaban J connectivity index is 4.10. The summed E-state index contributed by atoms with van der Waals surface area (Å²) in [6.45, 7) is 4.18. The highest BCUT2D eigenvalue weighted by molar-refractivity contribution is 5.80. The molecule has 1 unspecified atom stereocenters. The van der Waals surface area contributed by atoms with E-state index in [9.17, 15) is 14.4 Å². The Labute approximate surface area is 234 Å². The lowest BCUT2D eigenvalue weighted by Gasteiger charge is -2.18. The molecule has 38 heavy (non-hydrogen) atoms. The Bertz CT molecular complexity index is 566. The summed E-state index contributed by atoms with van der Waals surface area (Å²) in [6.07, 6.45) is 27.9. The number of hydrogen-bond acceptors (Lipinski definition) is 4. The fraction of sp³-hybridized carbons (Fsp3) is 0.906. The highest BCUT2D eigenvalue weighted by Crippen LogP contribution is 2.18. The van der Waals surface area contributed by atoms with Crippen LogP contribution in [-0.4, -0.2) is 35.6 Å². The van der Waals surface area contributed by atoms with Crippen molar-refractivity contribution in [3.05, 3.63) is 0 Å². The zero-order valence-electron chi connectivity index (χ0n) is 25.0. The fourth-order valence-electron chi connectivity index (χ4n) is 4.87. The van der Waals surface area contributed by atoms with Crippen LogP contribution in [0.4, 0.5) is 0 Å². The number of carboxylic acid groups (broad SMARTS) is 1. The number of carboxylic acids is 1. The maximum atomic E-state index is 12.5. The van der Waals surface area contributed by atoms with Crippen molar-refractivity contribution in [3.63, 3.8) is 0 Å². The fourth-order valence-corrected chi connectivity index (χ4v) is 4.87. The van der Waals surface area contributed by atoms with Gasteiger partial charge in [-0.1, -0.05) is 123 Å². The van der Waals surface area contributed by atoms with Crippen LogP contribution < -0.4 is 5.32 Å². The van der Waals surface area contributed by atoms with Gasteiger partial charge in [0.1, 0.15) is 12.6 Å². The van der Waals surface area contributed by atoms with E-state index in [1.165, 1.54) is 83.5 Å². The van der Waals surface area contributed by atoms with Crippen LogP contribution >= 0.6 is 0 Å². The van der Waals surface area contributed by atoms with Crippen molar-refractivity contribution in [3.8, 4) is 0 Å². The number of aliphatic carboxylic acids is 1. The summed E-state index contributed by atoms with van der Waals surface area (Å²) in [7, 11) is 0. The van der Waals surface area contributed by atoms with E-state index in [4.69, 9.17) is 9.84 Å². The van der Waals surface area contributed by atoms with Crippen LogP contribution in [0.15, 0.2) is 0 Å². The Hall–Kier alpha value is -1.59. The molecule has 2 N–H and O–H groups in total. The molecule has 0 aromatic carbocycles. The first-order chi connectivity index (χ1) is 18.5. The summed E-state index contributed by atoms with van der Waals surface area (Å²) in [4.78, 5) is 34.6. The minimum absolute atomic E-state index is 0.0201. The largest absolute Gasteiger partial charge is 0.480 e. The molecular formula is C32H61NO5. The van der Waals surface area contributed by atoms with Crippen LogP contribution in [0.3, 0.4) is 0 Å². The third-order valence-electron chi connectivity index (χ3n) is 7.28. The van der Waals surface area contributed by atoms with Crippen molar-refractivity contribution in [2.75, 3.05) is 6.54 Å². The predicted molar refractivity (Wildman–Crippen MR) is 157 cm³/mol. The van der Waals surface area contributed by atoms with Gasteiger partial charge in [0.2, 0.25) is 5.91 Å². The molecule has 6 heteroatoms. The molecule has 6 nitrogen and oxygen atoms in total. The smallest absolute Gasteiger partial charge is 0.322 e. The average Bonchev–Trinajstić information content (AvgIpc) is 2.89. The average molecular weight is 540 g/mol. The van der Waals surface area contributed by atoms with Crippen molar-refractivity contribution in [2.24, 2.45) is 0 Å². The van der Waals surface area contributed by atoms with E-state index < -0.39 is 5.97 Å². The number of esters is 1. The molecule has 0 aliphatic heterocycles. The van der Waals surface area contributed by atoms with E-state index in [1.54, 1.807) is 0 Å². The second-order valence-electron chi connectivity index (χ2n) is 11.1. The van der Waals surface area contributed by atoms with Gasteiger partial charge in [0, 0.05) is 12.8 Å². The van der Waals surface area contributed by atoms with E-state index in [2.05, 4.69) is 19.2 Å². The number of unbranched alkanes of at least 4 members (excludes halogenated alkanes) is 18. The molecule has 0 aliphatic carbocycles. The minimum atomic E-state index is -1.02. The van der Waals surface area contributed by atoms with E-state index in [1.807, 2.05) is 0 Å². The van der Waals surface area contributed by atoms with Crippen LogP contribution in [0.2, 0.25) is 0 Å². The number of carbonyl (C=O) groups is 3. The summed E-state index contributed by atoms with van der Waals surface area (Å²) in [5.74, 6) is -1.23. The van der Waals surface area contributed by atoms with Crippen molar-refractivity contribution in [1.29, 1.82) is 0 Å². The molecule has 0 radical (unpaired) electrons. The molecule has 0 bridgehead atoms. The van der Waals surface area contributed by atoms with Gasteiger partial charge in [0.25, 0.3) is 0 Å². The third kappa shape index (κ3) is 27.4. The molecular weight excluding hydrogens is 478 g/mol. The first-order valence-corrected chi connectivity index (χ1v) is 16.2. The van der Waals surface area contributed by atoms with Gasteiger partial charge in [-0.2, -0.15) is 0 Å². The van der Waals surface area contributed by atoms with Gasteiger partial charge in [0.15, 0.2) is 0 Å². The first-order valence-electron chi connectivity index (χ1n) is 16.2. The van der Waals surface area contributed by atoms with Gasteiger partial charge in [0.05, 0.1) is 0 Å². The summed E-state index contributed by atoms with van der Waals surface area (Å²) < 4.78 is 5.93. The van der Waals surface area contributed by atoms with E-state index in [0.29, 0.717) is 12.8 Å². The van der Waals surface area contributed by atoms with Gasteiger partial charge in [-0.15, -0.1) is 0 Å². The molecule has 0 saturated carbocycles. The quantitative estimate of drug-likeness (QED) is 0.0731. The maximum absolute atomic E-state index is 12.5. The number of amides is 1. The van der Waals surface area contributed by atoms with Crippen molar-refractivity contribution in [1.82, 2.24) is 5.32 Å².